The molecular weight excluding hydrogens is 410 g/mol. The van der Waals surface area contributed by atoms with Crippen molar-refractivity contribution in [1.29, 1.82) is 0 Å². The molecule has 2 N–H and O–H groups in total. The number of nitrogens with zero attached hydrogens (tertiary/aromatic N) is 1. The van der Waals surface area contributed by atoms with Crippen LogP contribution in [0.4, 0.5) is 5.69 Å². The number of carbonyl (C=O) groups excluding carboxylic acids is 1. The van der Waals surface area contributed by atoms with Crippen molar-refractivity contribution >= 4 is 35.1 Å². The predicted molar refractivity (Wildman–Crippen MR) is 127 cm³/mol. The van der Waals surface area contributed by atoms with E-state index in [9.17, 15) is 4.79 Å². The Morgan fingerprint density at radius 3 is 2.33 bits per heavy atom. The average Bonchev–Trinajstić information content (AvgIpc) is 3.23. The van der Waals surface area contributed by atoms with Gasteiger partial charge in [-0.15, -0.1) is 11.8 Å². The van der Waals surface area contributed by atoms with E-state index in [2.05, 4.69) is 22.4 Å². The Kier molecular flexibility index (Phi) is 6.57. The van der Waals surface area contributed by atoms with Gasteiger partial charge in [-0.25, -0.2) is 4.98 Å². The van der Waals surface area contributed by atoms with Gasteiger partial charge in [-0.05, 0) is 24.5 Å². The van der Waals surface area contributed by atoms with Gasteiger partial charge in [-0.2, -0.15) is 0 Å². The van der Waals surface area contributed by atoms with Crippen LogP contribution in [0.2, 0.25) is 0 Å². The minimum Gasteiger partial charge on any atom is -0.332 e. The fourth-order valence-electron chi connectivity index (χ4n) is 3.07. The number of hydrogen-bond donors (Lipinski definition) is 2. The molecule has 1 amide bonds. The molecule has 0 saturated carbocycles. The Labute approximate surface area is 184 Å². The number of rotatable bonds is 7. The summed E-state index contributed by atoms with van der Waals surface area (Å²) in [5.41, 5.74) is 4.75. The van der Waals surface area contributed by atoms with Crippen molar-refractivity contribution < 1.29 is 4.79 Å². The third-order valence-electron chi connectivity index (χ3n) is 4.49. The van der Waals surface area contributed by atoms with Gasteiger partial charge >= 0.3 is 0 Å². The lowest BCUT2D eigenvalue weighted by atomic mass is 10.1. The first-order valence-electron chi connectivity index (χ1n) is 9.50. The van der Waals surface area contributed by atoms with Crippen LogP contribution >= 0.6 is 23.5 Å². The maximum atomic E-state index is 12.4. The number of imidazole rings is 1. The Bertz CT molecular complexity index is 1070. The van der Waals surface area contributed by atoms with Crippen molar-refractivity contribution in [3.8, 4) is 22.5 Å². The fourth-order valence-corrected chi connectivity index (χ4v) is 4.20. The Balaban J connectivity index is 1.52. The number of thioether (sulfide) groups is 2. The molecule has 0 saturated heterocycles. The van der Waals surface area contributed by atoms with Crippen LogP contribution in [-0.2, 0) is 4.79 Å². The molecule has 30 heavy (non-hydrogen) atoms. The van der Waals surface area contributed by atoms with E-state index in [1.165, 1.54) is 11.8 Å². The summed E-state index contributed by atoms with van der Waals surface area (Å²) in [4.78, 5) is 21.7. The second-order valence-electron chi connectivity index (χ2n) is 6.57. The third kappa shape index (κ3) is 4.96. The minimum absolute atomic E-state index is 0.0582. The highest BCUT2D eigenvalue weighted by molar-refractivity contribution is 7.99. The van der Waals surface area contributed by atoms with Crippen LogP contribution < -0.4 is 5.32 Å². The van der Waals surface area contributed by atoms with Crippen molar-refractivity contribution in [1.82, 2.24) is 9.97 Å². The minimum atomic E-state index is -0.0582. The molecule has 4 nitrogen and oxygen atoms in total. The molecule has 0 unspecified atom stereocenters. The van der Waals surface area contributed by atoms with Crippen LogP contribution in [0.1, 0.15) is 0 Å². The molecule has 4 aromatic rings. The molecule has 0 spiro atoms. The highest BCUT2D eigenvalue weighted by Crippen LogP contribution is 2.32. The maximum Gasteiger partial charge on any atom is 0.234 e. The standard InChI is InChI=1S/C24H21N3OS2/c1-29-20-14-8-13-19(15-20)25-21(28)16-30-24-26-22(17-9-4-2-5-10-17)23(27-24)18-11-6-3-7-12-18/h2-15H,16H2,1H3,(H,25,28)(H,26,27). The highest BCUT2D eigenvalue weighted by Gasteiger charge is 2.15. The molecule has 4 rings (SSSR count). The van der Waals surface area contributed by atoms with Crippen molar-refractivity contribution in [3.63, 3.8) is 0 Å². The highest BCUT2D eigenvalue weighted by atomic mass is 32.2. The molecule has 6 heteroatoms. The van der Waals surface area contributed by atoms with Crippen LogP contribution in [0.5, 0.6) is 0 Å². The van der Waals surface area contributed by atoms with E-state index in [1.807, 2.05) is 79.1 Å². The molecule has 0 atom stereocenters. The zero-order chi connectivity index (χ0) is 20.8. The van der Waals surface area contributed by atoms with Gasteiger partial charge in [-0.1, -0.05) is 78.5 Å². The van der Waals surface area contributed by atoms with E-state index in [0.717, 1.165) is 38.3 Å². The van der Waals surface area contributed by atoms with E-state index >= 15 is 0 Å². The average molecular weight is 432 g/mol. The zero-order valence-electron chi connectivity index (χ0n) is 16.5. The summed E-state index contributed by atoms with van der Waals surface area (Å²) >= 11 is 3.05. The molecule has 150 valence electrons. The number of aromatic amines is 1. The first-order valence-corrected chi connectivity index (χ1v) is 11.7. The van der Waals surface area contributed by atoms with Gasteiger partial charge in [0.25, 0.3) is 0 Å². The lowest BCUT2D eigenvalue weighted by Crippen LogP contribution is -2.14. The quantitative estimate of drug-likeness (QED) is 0.342. The third-order valence-corrected chi connectivity index (χ3v) is 6.08. The first kappa shape index (κ1) is 20.3. The molecule has 1 heterocycles. The van der Waals surface area contributed by atoms with Gasteiger partial charge in [0.2, 0.25) is 5.91 Å². The van der Waals surface area contributed by atoms with Gasteiger partial charge in [0, 0.05) is 21.7 Å². The topological polar surface area (TPSA) is 57.8 Å². The molecule has 0 bridgehead atoms. The van der Waals surface area contributed by atoms with Crippen molar-refractivity contribution in [2.45, 2.75) is 10.1 Å². The van der Waals surface area contributed by atoms with Crippen LogP contribution in [-0.4, -0.2) is 27.9 Å². The van der Waals surface area contributed by atoms with Crippen molar-refractivity contribution in [3.05, 3.63) is 84.9 Å². The van der Waals surface area contributed by atoms with E-state index < -0.39 is 0 Å². The number of benzene rings is 3. The summed E-state index contributed by atoms with van der Waals surface area (Å²) in [7, 11) is 0. The number of H-pyrrole nitrogens is 1. The Morgan fingerprint density at radius 2 is 1.63 bits per heavy atom. The van der Waals surface area contributed by atoms with E-state index in [0.29, 0.717) is 0 Å². The van der Waals surface area contributed by atoms with Crippen LogP contribution in [0.25, 0.3) is 22.5 Å². The zero-order valence-corrected chi connectivity index (χ0v) is 18.1. The van der Waals surface area contributed by atoms with Crippen molar-refractivity contribution in [2.24, 2.45) is 0 Å². The fraction of sp³-hybridized carbons (Fsp3) is 0.0833. The van der Waals surface area contributed by atoms with Gasteiger partial charge in [0.05, 0.1) is 17.1 Å². The lowest BCUT2D eigenvalue weighted by Gasteiger charge is -2.05. The first-order chi connectivity index (χ1) is 14.7. The number of anilines is 1. The van der Waals surface area contributed by atoms with Crippen LogP contribution in [0.15, 0.2) is 95.0 Å². The molecule has 0 aliphatic rings. The molecule has 0 radical (unpaired) electrons. The molecular formula is C24H21N3OS2. The summed E-state index contributed by atoms with van der Waals surface area (Å²) in [6.45, 7) is 0. The normalized spacial score (nSPS) is 10.7. The van der Waals surface area contributed by atoms with Gasteiger partial charge in [0.15, 0.2) is 5.16 Å². The molecule has 0 fully saturated rings. The van der Waals surface area contributed by atoms with Crippen LogP contribution in [0, 0.1) is 0 Å². The maximum absolute atomic E-state index is 12.4. The number of hydrogen-bond acceptors (Lipinski definition) is 4. The second kappa shape index (κ2) is 9.69. The van der Waals surface area contributed by atoms with E-state index in [4.69, 9.17) is 4.98 Å². The molecule has 3 aromatic carbocycles. The summed E-state index contributed by atoms with van der Waals surface area (Å²) in [6.07, 6.45) is 2.02. The summed E-state index contributed by atoms with van der Waals surface area (Å²) in [5.74, 6) is 0.219. The van der Waals surface area contributed by atoms with Gasteiger partial charge < -0.3 is 10.3 Å². The Morgan fingerprint density at radius 1 is 0.933 bits per heavy atom. The van der Waals surface area contributed by atoms with Crippen LogP contribution in [0.3, 0.4) is 0 Å². The van der Waals surface area contributed by atoms with Gasteiger partial charge in [0.1, 0.15) is 0 Å². The number of nitrogens with one attached hydrogen (secondary N) is 2. The molecule has 1 aromatic heterocycles. The van der Waals surface area contributed by atoms with Gasteiger partial charge in [-0.3, -0.25) is 4.79 Å². The number of carbonyl (C=O) groups is 1. The SMILES string of the molecule is CSc1cccc(NC(=O)CSc2nc(-c3ccccc3)c(-c3ccccc3)[nH]2)c1. The van der Waals surface area contributed by atoms with E-state index in [1.54, 1.807) is 11.8 Å². The largest absolute Gasteiger partial charge is 0.332 e. The number of amides is 1. The number of aromatic nitrogens is 2. The molecule has 0 aliphatic heterocycles. The van der Waals surface area contributed by atoms with E-state index in [-0.39, 0.29) is 11.7 Å². The summed E-state index contributed by atoms with van der Waals surface area (Å²) in [6, 6.07) is 28.0. The Hall–Kier alpha value is -2.96. The molecule has 0 aliphatic carbocycles. The monoisotopic (exact) mass is 431 g/mol. The second-order valence-corrected chi connectivity index (χ2v) is 8.41. The smallest absolute Gasteiger partial charge is 0.234 e. The predicted octanol–water partition coefficient (Wildman–Crippen LogP) is 6.20. The van der Waals surface area contributed by atoms with Crippen molar-refractivity contribution in [2.75, 3.05) is 17.3 Å². The lowest BCUT2D eigenvalue weighted by molar-refractivity contribution is -0.113. The summed E-state index contributed by atoms with van der Waals surface area (Å²) in [5, 5.41) is 3.68. The summed E-state index contributed by atoms with van der Waals surface area (Å²) < 4.78 is 0.